The van der Waals surface area contributed by atoms with Crippen molar-refractivity contribution >= 4 is 11.9 Å². The van der Waals surface area contributed by atoms with Crippen molar-refractivity contribution in [2.24, 2.45) is 0 Å². The third kappa shape index (κ3) is 33.5. The van der Waals surface area contributed by atoms with Crippen LogP contribution in [0.5, 0.6) is 0 Å². The highest BCUT2D eigenvalue weighted by Crippen LogP contribution is 2.26. The lowest BCUT2D eigenvalue weighted by Crippen LogP contribution is -2.61. The Morgan fingerprint density at radius 1 is 0.582 bits per heavy atom. The van der Waals surface area contributed by atoms with Crippen LogP contribution in [0.3, 0.4) is 0 Å². The van der Waals surface area contributed by atoms with Gasteiger partial charge in [0.05, 0.1) is 25.4 Å². The molecule has 1 heterocycles. The molecule has 8 unspecified atom stereocenters. The summed E-state index contributed by atoms with van der Waals surface area (Å²) in [6.45, 7) is 5.68. The first-order valence-electron chi connectivity index (χ1n) is 27.1. The van der Waals surface area contributed by atoms with Gasteiger partial charge in [-0.15, -0.1) is 0 Å². The third-order valence-electron chi connectivity index (χ3n) is 12.4. The second kappa shape index (κ2) is 44.6. The van der Waals surface area contributed by atoms with E-state index in [1.807, 2.05) is 18.2 Å². The van der Waals surface area contributed by atoms with Gasteiger partial charge in [-0.05, 0) is 64.2 Å². The summed E-state index contributed by atoms with van der Waals surface area (Å²) < 4.78 is 17.5. The fourth-order valence-corrected chi connectivity index (χ4v) is 8.05. The molecule has 0 bridgehead atoms. The maximum Gasteiger partial charge on any atom is 0.306 e. The number of nitrogens with one attached hydrogen (secondary N) is 1. The van der Waals surface area contributed by atoms with Crippen molar-refractivity contribution in [2.45, 2.75) is 269 Å². The van der Waals surface area contributed by atoms with Gasteiger partial charge < -0.3 is 45.1 Å². The van der Waals surface area contributed by atoms with Crippen molar-refractivity contribution in [3.8, 4) is 0 Å². The number of rotatable bonds is 44. The molecule has 11 heteroatoms. The number of ether oxygens (including phenoxy) is 3. The van der Waals surface area contributed by atoms with E-state index in [1.165, 1.54) is 103 Å². The van der Waals surface area contributed by atoms with Crippen LogP contribution >= 0.6 is 0 Å². The summed E-state index contributed by atoms with van der Waals surface area (Å²) in [4.78, 5) is 26.3. The number of aliphatic hydroxyl groups is 5. The Hall–Kier alpha value is -2.64. The van der Waals surface area contributed by atoms with Crippen LogP contribution in [-0.2, 0) is 23.8 Å². The molecule has 0 aromatic heterocycles. The van der Waals surface area contributed by atoms with Crippen LogP contribution in [-0.4, -0.2) is 99.6 Å². The Kier molecular flexibility index (Phi) is 41.5. The highest BCUT2D eigenvalue weighted by molar-refractivity contribution is 5.80. The quantitative estimate of drug-likeness (QED) is 0.0196. The van der Waals surface area contributed by atoms with Gasteiger partial charge in [-0.25, -0.2) is 0 Å². The molecule has 67 heavy (non-hydrogen) atoms. The smallest absolute Gasteiger partial charge is 0.306 e. The topological polar surface area (TPSA) is 175 Å². The first-order valence-corrected chi connectivity index (χ1v) is 27.1. The minimum atomic E-state index is -1.63. The zero-order valence-corrected chi connectivity index (χ0v) is 42.5. The Morgan fingerprint density at radius 3 is 1.57 bits per heavy atom. The van der Waals surface area contributed by atoms with E-state index in [4.69, 9.17) is 14.2 Å². The molecule has 1 amide bonds. The number of esters is 1. The Morgan fingerprint density at radius 2 is 1.03 bits per heavy atom. The number of hydrogen-bond acceptors (Lipinski definition) is 10. The number of allylic oxidation sites excluding steroid dienone is 9. The average molecular weight is 946 g/mol. The second-order valence-corrected chi connectivity index (χ2v) is 18.6. The van der Waals surface area contributed by atoms with Crippen LogP contribution in [0.1, 0.15) is 220 Å². The van der Waals surface area contributed by atoms with Gasteiger partial charge in [-0.3, -0.25) is 9.59 Å². The van der Waals surface area contributed by atoms with Gasteiger partial charge in [0, 0.05) is 6.42 Å². The number of unbranched alkanes of at least 4 members (excludes halogenated alkanes) is 22. The SMILES string of the molecule is CCCCC/C=C\C/C=C\C/C=C\C/C=C\CCCC(=O)OC1C(OCC(NC(=O)C(O)CCCCCCCCCCCC)C(O)/C=C/CCCCCCCCCCC)OC(CO)C(O)C1O. The minimum Gasteiger partial charge on any atom is -0.454 e. The number of hydrogen-bond donors (Lipinski definition) is 6. The lowest BCUT2D eigenvalue weighted by atomic mass is 9.99. The number of carbonyl (C=O) groups excluding carboxylic acids is 2. The van der Waals surface area contributed by atoms with E-state index in [1.54, 1.807) is 6.08 Å². The highest BCUT2D eigenvalue weighted by Gasteiger charge is 2.47. The van der Waals surface area contributed by atoms with Crippen LogP contribution < -0.4 is 5.32 Å². The van der Waals surface area contributed by atoms with E-state index in [-0.39, 0.29) is 19.4 Å². The van der Waals surface area contributed by atoms with Crippen molar-refractivity contribution in [1.82, 2.24) is 5.32 Å². The van der Waals surface area contributed by atoms with E-state index in [9.17, 15) is 35.1 Å². The van der Waals surface area contributed by atoms with Gasteiger partial charge in [0.1, 0.15) is 24.4 Å². The predicted octanol–water partition coefficient (Wildman–Crippen LogP) is 11.5. The monoisotopic (exact) mass is 946 g/mol. The van der Waals surface area contributed by atoms with Crippen LogP contribution in [0.4, 0.5) is 0 Å². The molecule has 0 saturated carbocycles. The molecule has 1 aliphatic rings. The lowest BCUT2D eigenvalue weighted by Gasteiger charge is -2.41. The second-order valence-electron chi connectivity index (χ2n) is 18.6. The van der Waals surface area contributed by atoms with Crippen molar-refractivity contribution < 1.29 is 49.3 Å². The molecule has 0 spiro atoms. The van der Waals surface area contributed by atoms with Crippen molar-refractivity contribution in [1.29, 1.82) is 0 Å². The summed E-state index contributed by atoms with van der Waals surface area (Å²) in [5.74, 6) is -1.26. The average Bonchev–Trinajstić information content (AvgIpc) is 3.32. The predicted molar refractivity (Wildman–Crippen MR) is 273 cm³/mol. The summed E-state index contributed by atoms with van der Waals surface area (Å²) in [6.07, 6.45) is 42.8. The van der Waals surface area contributed by atoms with Gasteiger partial charge in [0.2, 0.25) is 5.91 Å². The summed E-state index contributed by atoms with van der Waals surface area (Å²) >= 11 is 0. The number of amides is 1. The van der Waals surface area contributed by atoms with E-state index in [0.717, 1.165) is 64.2 Å². The number of carbonyl (C=O) groups is 2. The van der Waals surface area contributed by atoms with E-state index in [2.05, 4.69) is 62.5 Å². The Bertz CT molecular complexity index is 1320. The fraction of sp³-hybridized carbons (Fsp3) is 0.786. The molecule has 8 atom stereocenters. The molecular weight excluding hydrogens is 847 g/mol. The molecule has 1 rings (SSSR count). The first-order chi connectivity index (χ1) is 32.7. The molecule has 1 aliphatic heterocycles. The Balaban J connectivity index is 2.78. The van der Waals surface area contributed by atoms with Crippen LogP contribution in [0.15, 0.2) is 60.8 Å². The van der Waals surface area contributed by atoms with E-state index >= 15 is 0 Å². The lowest BCUT2D eigenvalue weighted by molar-refractivity contribution is -0.305. The van der Waals surface area contributed by atoms with Crippen molar-refractivity contribution in [2.75, 3.05) is 13.2 Å². The van der Waals surface area contributed by atoms with Gasteiger partial charge in [-0.1, -0.05) is 210 Å². The fourth-order valence-electron chi connectivity index (χ4n) is 8.05. The van der Waals surface area contributed by atoms with Gasteiger partial charge in [0.15, 0.2) is 12.4 Å². The molecule has 1 fully saturated rings. The van der Waals surface area contributed by atoms with Gasteiger partial charge in [0.25, 0.3) is 0 Å². The van der Waals surface area contributed by atoms with Crippen LogP contribution in [0, 0.1) is 0 Å². The summed E-state index contributed by atoms with van der Waals surface area (Å²) in [5, 5.41) is 56.5. The summed E-state index contributed by atoms with van der Waals surface area (Å²) in [5.41, 5.74) is 0. The zero-order valence-electron chi connectivity index (χ0n) is 42.5. The zero-order chi connectivity index (χ0) is 49.0. The van der Waals surface area contributed by atoms with Gasteiger partial charge >= 0.3 is 5.97 Å². The standard InChI is InChI=1S/C56H99NO10/c1-4-7-10-13-16-19-22-23-24-25-26-27-29-32-35-38-41-44-51(61)67-54-53(63)52(62)50(45-58)66-56(54)65-46-47(48(59)42-39-36-33-31-28-20-17-14-11-8-5-2)57-55(64)49(60)43-40-37-34-30-21-18-15-12-9-6-3/h16,19,23-24,26-27,32,35,39,42,47-50,52-54,56,58-60,62-63H,4-15,17-18,20-22,25,28-31,33-34,36-38,40-41,43-46H2,1-3H3,(H,57,64)/b19-16-,24-23-,27-26-,35-32-,42-39+. The molecule has 0 aromatic carbocycles. The molecule has 0 radical (unpaired) electrons. The van der Waals surface area contributed by atoms with Crippen molar-refractivity contribution in [3.63, 3.8) is 0 Å². The molecule has 1 saturated heterocycles. The molecule has 0 aliphatic carbocycles. The number of aliphatic hydroxyl groups excluding tert-OH is 5. The van der Waals surface area contributed by atoms with E-state index < -0.39 is 67.4 Å². The minimum absolute atomic E-state index is 0.0472. The maximum absolute atomic E-state index is 13.3. The molecule has 0 aromatic rings. The molecule has 6 N–H and O–H groups in total. The van der Waals surface area contributed by atoms with Crippen LogP contribution in [0.25, 0.3) is 0 Å². The molecular formula is C56H99NO10. The normalized spacial score (nSPS) is 20.5. The van der Waals surface area contributed by atoms with Crippen LogP contribution in [0.2, 0.25) is 0 Å². The largest absolute Gasteiger partial charge is 0.454 e. The maximum atomic E-state index is 13.3. The molecule has 388 valence electrons. The highest BCUT2D eigenvalue weighted by atomic mass is 16.7. The van der Waals surface area contributed by atoms with Gasteiger partial charge in [-0.2, -0.15) is 0 Å². The third-order valence-corrected chi connectivity index (χ3v) is 12.4. The molecule has 11 nitrogen and oxygen atoms in total. The first kappa shape index (κ1) is 62.4. The summed E-state index contributed by atoms with van der Waals surface area (Å²) in [7, 11) is 0. The Labute approximate surface area is 408 Å². The van der Waals surface area contributed by atoms with Crippen molar-refractivity contribution in [3.05, 3.63) is 60.8 Å². The summed E-state index contributed by atoms with van der Waals surface area (Å²) in [6, 6.07) is -1.03. The van der Waals surface area contributed by atoms with E-state index in [0.29, 0.717) is 19.3 Å².